The van der Waals surface area contributed by atoms with Crippen LogP contribution in [0.3, 0.4) is 0 Å². The maximum absolute atomic E-state index is 6.07. The van der Waals surface area contributed by atoms with E-state index in [1.54, 1.807) is 0 Å². The Kier molecular flexibility index (Phi) is 5.76. The molecule has 0 radical (unpaired) electrons. The molecule has 4 heteroatoms. The fourth-order valence-corrected chi connectivity index (χ4v) is 5.80. The third kappa shape index (κ3) is 3.27. The first-order chi connectivity index (χ1) is 8.85. The number of amidine groups is 1. The van der Waals surface area contributed by atoms with Crippen LogP contribution in [0.2, 0.25) is 0 Å². The first kappa shape index (κ1) is 16.4. The molecular formula is C15H25N2PS. The van der Waals surface area contributed by atoms with Gasteiger partial charge in [-0.15, -0.1) is 0 Å². The van der Waals surface area contributed by atoms with Gasteiger partial charge in [-0.1, -0.05) is 69.8 Å². The van der Waals surface area contributed by atoms with Gasteiger partial charge in [0.15, 0.2) is 0 Å². The lowest BCUT2D eigenvalue weighted by Crippen LogP contribution is -2.31. The van der Waals surface area contributed by atoms with Crippen LogP contribution >= 0.6 is 6.19 Å². The Labute approximate surface area is 123 Å². The van der Waals surface area contributed by atoms with Crippen LogP contribution in [-0.2, 0) is 11.8 Å². The highest BCUT2D eigenvalue weighted by molar-refractivity contribution is 8.14. The highest BCUT2D eigenvalue weighted by atomic mass is 32.4. The van der Waals surface area contributed by atoms with Gasteiger partial charge in [0.2, 0.25) is 0 Å². The van der Waals surface area contributed by atoms with Gasteiger partial charge in [0.1, 0.15) is 5.84 Å². The van der Waals surface area contributed by atoms with E-state index >= 15 is 0 Å². The van der Waals surface area contributed by atoms with E-state index < -0.39 is 6.19 Å². The third-order valence-corrected chi connectivity index (χ3v) is 10.9. The van der Waals surface area contributed by atoms with E-state index in [1.807, 2.05) is 25.2 Å². The van der Waals surface area contributed by atoms with Crippen LogP contribution < -0.4 is 0 Å². The van der Waals surface area contributed by atoms with Crippen LogP contribution in [0.4, 0.5) is 0 Å². The smallest absolute Gasteiger partial charge is 0.134 e. The summed E-state index contributed by atoms with van der Waals surface area (Å²) in [7, 11) is 3.95. The number of nitrogens with zero attached hydrogens (tertiary/aromatic N) is 2. The Balaban J connectivity index is 3.23. The molecule has 0 atom stereocenters. The van der Waals surface area contributed by atoms with Crippen molar-refractivity contribution in [3.05, 3.63) is 35.9 Å². The molecule has 0 aliphatic heterocycles. The van der Waals surface area contributed by atoms with E-state index in [0.29, 0.717) is 11.3 Å². The molecule has 0 saturated heterocycles. The van der Waals surface area contributed by atoms with Gasteiger partial charge < -0.3 is 4.67 Å². The van der Waals surface area contributed by atoms with Crippen LogP contribution in [0.5, 0.6) is 0 Å². The van der Waals surface area contributed by atoms with Crippen LogP contribution in [-0.4, -0.2) is 35.9 Å². The summed E-state index contributed by atoms with van der Waals surface area (Å²) in [4.78, 5) is 4.49. The Morgan fingerprint density at radius 1 is 1.11 bits per heavy atom. The second kappa shape index (κ2) is 6.67. The topological polar surface area (TPSA) is 15.6 Å². The van der Waals surface area contributed by atoms with E-state index in [2.05, 4.69) is 56.5 Å². The van der Waals surface area contributed by atoms with Crippen LogP contribution in [0.15, 0.2) is 35.3 Å². The Hall–Kier alpha value is -0.660. The van der Waals surface area contributed by atoms with Crippen LogP contribution in [0, 0.1) is 0 Å². The SMILES string of the molecule is CN=C(c1ccccc1)N(C)P(=S)(C(C)C)C(C)C. The lowest BCUT2D eigenvalue weighted by Gasteiger charge is -2.40. The van der Waals surface area contributed by atoms with Crippen molar-refractivity contribution in [1.82, 2.24) is 4.67 Å². The first-order valence-electron chi connectivity index (χ1n) is 6.71. The standard InChI is InChI=1S/C15H25N2PS/c1-12(2)18(19,13(3)4)17(6)15(16-5)14-10-8-7-9-11-14/h7-13H,1-6H3. The molecule has 106 valence electrons. The Morgan fingerprint density at radius 2 is 1.58 bits per heavy atom. The molecule has 0 fully saturated rings. The minimum Gasteiger partial charge on any atom is -0.331 e. The highest BCUT2D eigenvalue weighted by Gasteiger charge is 2.32. The fraction of sp³-hybridized carbons (Fsp3) is 0.533. The third-order valence-electron chi connectivity index (χ3n) is 3.50. The number of benzene rings is 1. The molecule has 0 spiro atoms. The molecule has 0 saturated carbocycles. The minimum atomic E-state index is -1.66. The molecule has 1 rings (SSSR count). The van der Waals surface area contributed by atoms with Crippen molar-refractivity contribution in [1.29, 1.82) is 0 Å². The van der Waals surface area contributed by atoms with E-state index in [0.717, 1.165) is 11.4 Å². The van der Waals surface area contributed by atoms with Crippen molar-refractivity contribution in [2.24, 2.45) is 4.99 Å². The van der Waals surface area contributed by atoms with Gasteiger partial charge in [-0.05, 0) is 11.3 Å². The van der Waals surface area contributed by atoms with E-state index in [9.17, 15) is 0 Å². The summed E-state index contributed by atoms with van der Waals surface area (Å²) in [6, 6.07) is 10.3. The predicted molar refractivity (Wildman–Crippen MR) is 91.2 cm³/mol. The molecule has 0 N–H and O–H groups in total. The minimum absolute atomic E-state index is 0.480. The highest BCUT2D eigenvalue weighted by Crippen LogP contribution is 2.58. The van der Waals surface area contributed by atoms with Crippen molar-refractivity contribution < 1.29 is 0 Å². The summed E-state index contributed by atoms with van der Waals surface area (Å²) in [5.74, 6) is 1.01. The molecule has 1 aromatic rings. The lowest BCUT2D eigenvalue weighted by atomic mass is 10.2. The van der Waals surface area contributed by atoms with Crippen LogP contribution in [0.25, 0.3) is 0 Å². The molecule has 2 nitrogen and oxygen atoms in total. The first-order valence-corrected chi connectivity index (χ1v) is 9.60. The maximum Gasteiger partial charge on any atom is 0.134 e. The van der Waals surface area contributed by atoms with Crippen molar-refractivity contribution in [3.63, 3.8) is 0 Å². The average molecular weight is 296 g/mol. The van der Waals surface area contributed by atoms with Crippen molar-refractivity contribution in [3.8, 4) is 0 Å². The second-order valence-electron chi connectivity index (χ2n) is 5.30. The quantitative estimate of drug-likeness (QED) is 0.470. The van der Waals surface area contributed by atoms with Crippen LogP contribution in [0.1, 0.15) is 33.3 Å². The fourth-order valence-electron chi connectivity index (χ4n) is 2.49. The number of rotatable bonds is 4. The normalized spacial score (nSPS) is 13.2. The maximum atomic E-state index is 6.07. The molecule has 0 unspecified atom stereocenters. The summed E-state index contributed by atoms with van der Waals surface area (Å²) >= 11 is 6.07. The predicted octanol–water partition coefficient (Wildman–Crippen LogP) is 4.21. The van der Waals surface area contributed by atoms with Gasteiger partial charge in [0, 0.05) is 25.8 Å². The zero-order chi connectivity index (χ0) is 14.6. The lowest BCUT2D eigenvalue weighted by molar-refractivity contribution is 0.764. The molecule has 0 bridgehead atoms. The second-order valence-corrected chi connectivity index (χ2v) is 11.1. The van der Waals surface area contributed by atoms with Crippen molar-refractivity contribution in [2.75, 3.05) is 14.1 Å². The summed E-state index contributed by atoms with van der Waals surface area (Å²) in [5.41, 5.74) is 2.10. The van der Waals surface area contributed by atoms with E-state index in [1.165, 1.54) is 0 Å². The molecule has 0 heterocycles. The van der Waals surface area contributed by atoms with Gasteiger partial charge in [-0.3, -0.25) is 4.99 Å². The molecule has 0 aliphatic rings. The zero-order valence-electron chi connectivity index (χ0n) is 12.8. The van der Waals surface area contributed by atoms with Gasteiger partial charge >= 0.3 is 0 Å². The molecular weight excluding hydrogens is 271 g/mol. The van der Waals surface area contributed by atoms with Gasteiger partial charge in [-0.2, -0.15) is 0 Å². The average Bonchev–Trinajstić information content (AvgIpc) is 2.39. The van der Waals surface area contributed by atoms with Crippen molar-refractivity contribution >= 4 is 23.8 Å². The van der Waals surface area contributed by atoms with E-state index in [4.69, 9.17) is 11.8 Å². The van der Waals surface area contributed by atoms with Crippen molar-refractivity contribution in [2.45, 2.75) is 39.0 Å². The molecule has 0 aliphatic carbocycles. The Bertz CT molecular complexity index is 468. The molecule has 1 aromatic carbocycles. The summed E-state index contributed by atoms with van der Waals surface area (Å²) in [5, 5.41) is 0. The number of hydrogen-bond acceptors (Lipinski definition) is 2. The van der Waals surface area contributed by atoms with E-state index in [-0.39, 0.29) is 0 Å². The molecule has 0 amide bonds. The zero-order valence-corrected chi connectivity index (χ0v) is 14.5. The van der Waals surface area contributed by atoms with Gasteiger partial charge in [0.05, 0.1) is 0 Å². The number of hydrogen-bond donors (Lipinski definition) is 0. The monoisotopic (exact) mass is 296 g/mol. The van der Waals surface area contributed by atoms with Gasteiger partial charge in [-0.25, -0.2) is 0 Å². The summed E-state index contributed by atoms with van der Waals surface area (Å²) < 4.78 is 2.27. The Morgan fingerprint density at radius 3 is 1.95 bits per heavy atom. The largest absolute Gasteiger partial charge is 0.331 e. The molecule has 0 aromatic heterocycles. The summed E-state index contributed by atoms with van der Waals surface area (Å²) in [6.07, 6.45) is -1.66. The molecule has 19 heavy (non-hydrogen) atoms. The number of aliphatic imine (C=N–C) groups is 1. The van der Waals surface area contributed by atoms with Gasteiger partial charge in [0.25, 0.3) is 0 Å². The summed E-state index contributed by atoms with van der Waals surface area (Å²) in [6.45, 7) is 8.93.